The van der Waals surface area contributed by atoms with Crippen LogP contribution in [0, 0.1) is 6.92 Å². The summed E-state index contributed by atoms with van der Waals surface area (Å²) in [5, 5.41) is 11.7. The maximum absolute atomic E-state index is 13.4. The van der Waals surface area contributed by atoms with Gasteiger partial charge >= 0.3 is 0 Å². The van der Waals surface area contributed by atoms with Gasteiger partial charge in [0.1, 0.15) is 16.8 Å². The highest BCUT2D eigenvalue weighted by atomic mass is 35.5. The van der Waals surface area contributed by atoms with Crippen molar-refractivity contribution in [2.45, 2.75) is 69.1 Å². The molecule has 15 nitrogen and oxygen atoms in total. The molecular weight excluding hydrogens is 796 g/mol. The van der Waals surface area contributed by atoms with Gasteiger partial charge in [0.25, 0.3) is 11.8 Å². The summed E-state index contributed by atoms with van der Waals surface area (Å²) in [5.74, 6) is -0.562. The van der Waals surface area contributed by atoms with Crippen LogP contribution in [0.5, 0.6) is 5.75 Å². The number of methoxy groups -OCH3 is 1. The number of aryl methyl sites for hydroxylation is 1. The topological polar surface area (TPSA) is 192 Å². The van der Waals surface area contributed by atoms with Crippen molar-refractivity contribution in [3.8, 4) is 5.75 Å². The average Bonchev–Trinajstić information content (AvgIpc) is 3.46. The molecule has 1 aromatic heterocycles. The van der Waals surface area contributed by atoms with Crippen LogP contribution in [0.4, 0.5) is 28.8 Å². The van der Waals surface area contributed by atoms with Gasteiger partial charge in [-0.15, -0.1) is 0 Å². The number of para-hydroxylation sites is 1. The quantitative estimate of drug-likeness (QED) is 0.0719. The van der Waals surface area contributed by atoms with Gasteiger partial charge in [0, 0.05) is 37.9 Å². The summed E-state index contributed by atoms with van der Waals surface area (Å²) in [6.07, 6.45) is 3.50. The van der Waals surface area contributed by atoms with E-state index in [1.807, 2.05) is 19.1 Å². The van der Waals surface area contributed by atoms with Crippen LogP contribution in [0.1, 0.15) is 71.4 Å². The number of sulfone groups is 1. The fourth-order valence-corrected chi connectivity index (χ4v) is 8.25. The zero-order chi connectivity index (χ0) is 42.6. The minimum atomic E-state index is -3.59. The summed E-state index contributed by atoms with van der Waals surface area (Å²) >= 11 is 6.43. The zero-order valence-electron chi connectivity index (χ0n) is 33.5. The summed E-state index contributed by atoms with van der Waals surface area (Å²) in [7, 11) is -0.299. The number of benzene rings is 3. The van der Waals surface area contributed by atoms with Crippen molar-refractivity contribution >= 4 is 73.9 Å². The number of hydrogen-bond acceptors (Lipinski definition) is 12. The summed E-state index contributed by atoms with van der Waals surface area (Å²) in [6, 6.07) is 14.4. The molecule has 59 heavy (non-hydrogen) atoms. The molecule has 1 unspecified atom stereocenters. The van der Waals surface area contributed by atoms with E-state index in [4.69, 9.17) is 16.3 Å². The lowest BCUT2D eigenvalue weighted by Crippen LogP contribution is -2.51. The molecule has 2 aliphatic rings. The van der Waals surface area contributed by atoms with Gasteiger partial charge in [-0.05, 0) is 94.0 Å². The number of aromatic nitrogens is 2. The first-order valence-electron chi connectivity index (χ1n) is 19.1. The van der Waals surface area contributed by atoms with Crippen LogP contribution in [0.2, 0.25) is 5.02 Å². The molecule has 17 heteroatoms. The number of carbonyl (C=O) groups is 4. The number of halogens is 1. The molecule has 4 amide bonds. The van der Waals surface area contributed by atoms with E-state index in [1.54, 1.807) is 69.3 Å². The number of likely N-dealkylation sites (N-methyl/N-ethyl adjacent to an activating group) is 1. The van der Waals surface area contributed by atoms with E-state index in [0.29, 0.717) is 67.3 Å². The van der Waals surface area contributed by atoms with Gasteiger partial charge < -0.3 is 30.9 Å². The van der Waals surface area contributed by atoms with E-state index >= 15 is 0 Å². The lowest BCUT2D eigenvalue weighted by molar-refractivity contribution is -0.130. The molecular formula is C42H47ClN8O7S. The lowest BCUT2D eigenvalue weighted by Gasteiger charge is -2.29. The Balaban J connectivity index is 1.03. The third kappa shape index (κ3) is 9.18. The van der Waals surface area contributed by atoms with Crippen LogP contribution in [-0.2, 0) is 25.8 Å². The van der Waals surface area contributed by atoms with Gasteiger partial charge in [-0.1, -0.05) is 36.4 Å². The summed E-state index contributed by atoms with van der Waals surface area (Å²) in [5.41, 5.74) is 4.35. The van der Waals surface area contributed by atoms with Crippen LogP contribution in [0.25, 0.3) is 0 Å². The number of ether oxygens (including phenoxy) is 1. The van der Waals surface area contributed by atoms with Gasteiger partial charge in [0.15, 0.2) is 15.7 Å². The molecule has 3 heterocycles. The Kier molecular flexibility index (Phi) is 12.9. The molecule has 310 valence electrons. The van der Waals surface area contributed by atoms with E-state index < -0.39 is 38.9 Å². The van der Waals surface area contributed by atoms with Crippen molar-refractivity contribution in [1.82, 2.24) is 25.1 Å². The standard InChI is InChI=1S/C42H47ClN8O7S/c1-24(2)59(56,57)35-14-8-7-12-30(35)47-38-29(43)23-45-42(49-38)48-32-21-25(3)27(22-34(32)58-6)18-20-50(5)36(52)15-10-19-44-31-13-9-11-28-37(31)41(55)51(40(28)54)33-17-16-26(4)46-39(33)53/h7-9,11-14,21-24,33,44H,4,10,15-20H2,1-3,5-6H3,(H,46,53)(H2,45,47,48,49). The molecule has 4 aromatic rings. The predicted octanol–water partition coefficient (Wildman–Crippen LogP) is 6.40. The smallest absolute Gasteiger partial charge is 0.264 e. The largest absolute Gasteiger partial charge is 0.495 e. The van der Waals surface area contributed by atoms with E-state index in [9.17, 15) is 27.6 Å². The maximum Gasteiger partial charge on any atom is 0.264 e. The number of hydrogen-bond donors (Lipinski definition) is 4. The minimum absolute atomic E-state index is 0.0518. The first kappa shape index (κ1) is 42.6. The number of imide groups is 1. The Labute approximate surface area is 348 Å². The van der Waals surface area contributed by atoms with E-state index in [1.165, 1.54) is 12.3 Å². The number of nitrogens with one attached hydrogen (secondary N) is 4. The summed E-state index contributed by atoms with van der Waals surface area (Å²) in [6.45, 7) is 9.80. The first-order valence-corrected chi connectivity index (χ1v) is 21.1. The van der Waals surface area contributed by atoms with Crippen LogP contribution < -0.4 is 26.0 Å². The Bertz CT molecular complexity index is 2440. The normalized spacial score (nSPS) is 15.2. The van der Waals surface area contributed by atoms with Crippen molar-refractivity contribution in [1.29, 1.82) is 0 Å². The molecule has 4 N–H and O–H groups in total. The van der Waals surface area contributed by atoms with Crippen LogP contribution in [0.15, 0.2) is 78.0 Å². The number of fused-ring (bicyclic) bond motifs is 1. The minimum Gasteiger partial charge on any atom is -0.495 e. The van der Waals surface area contributed by atoms with Gasteiger partial charge in [-0.25, -0.2) is 13.4 Å². The monoisotopic (exact) mass is 842 g/mol. The van der Waals surface area contributed by atoms with Gasteiger partial charge in [0.05, 0.1) is 46.0 Å². The Morgan fingerprint density at radius 3 is 2.54 bits per heavy atom. The molecule has 6 rings (SSSR count). The first-order chi connectivity index (χ1) is 28.1. The van der Waals surface area contributed by atoms with Crippen molar-refractivity contribution in [2.75, 3.05) is 43.2 Å². The fourth-order valence-electron chi connectivity index (χ4n) is 6.91. The molecule has 3 aromatic carbocycles. The number of amides is 4. The number of nitrogens with zero attached hydrogens (tertiary/aromatic N) is 4. The van der Waals surface area contributed by atoms with E-state index in [0.717, 1.165) is 16.0 Å². The molecule has 0 spiro atoms. The summed E-state index contributed by atoms with van der Waals surface area (Å²) in [4.78, 5) is 64.0. The number of allylic oxidation sites excluding steroid dienone is 1. The number of anilines is 5. The predicted molar refractivity (Wildman–Crippen MR) is 226 cm³/mol. The molecule has 2 aliphatic heterocycles. The highest BCUT2D eigenvalue weighted by Crippen LogP contribution is 2.35. The van der Waals surface area contributed by atoms with Crippen LogP contribution in [0.3, 0.4) is 0 Å². The fraction of sp³-hybridized carbons (Fsp3) is 0.333. The van der Waals surface area contributed by atoms with Gasteiger partial charge in [-0.3, -0.25) is 24.1 Å². The Morgan fingerprint density at radius 1 is 1.07 bits per heavy atom. The zero-order valence-corrected chi connectivity index (χ0v) is 35.1. The van der Waals surface area contributed by atoms with E-state index in [-0.39, 0.29) is 45.1 Å². The molecule has 0 radical (unpaired) electrons. The maximum atomic E-state index is 13.4. The van der Waals surface area contributed by atoms with Gasteiger partial charge in [0.2, 0.25) is 17.8 Å². The molecule has 0 saturated carbocycles. The third-order valence-electron chi connectivity index (χ3n) is 10.3. The number of piperidine rings is 1. The van der Waals surface area contributed by atoms with Crippen molar-refractivity contribution in [2.24, 2.45) is 0 Å². The highest BCUT2D eigenvalue weighted by Gasteiger charge is 2.45. The Hall–Kier alpha value is -6.00. The summed E-state index contributed by atoms with van der Waals surface area (Å²) < 4.78 is 31.7. The second-order valence-corrected chi connectivity index (χ2v) is 17.5. The molecule has 0 bridgehead atoms. The van der Waals surface area contributed by atoms with Crippen LogP contribution >= 0.6 is 11.6 Å². The van der Waals surface area contributed by atoms with Gasteiger partial charge in [-0.2, -0.15) is 4.98 Å². The van der Waals surface area contributed by atoms with Crippen molar-refractivity contribution in [3.05, 3.63) is 100 Å². The van der Waals surface area contributed by atoms with E-state index in [2.05, 4.69) is 37.8 Å². The lowest BCUT2D eigenvalue weighted by atomic mass is 10.0. The number of carbonyl (C=O) groups excluding carboxylic acids is 4. The highest BCUT2D eigenvalue weighted by molar-refractivity contribution is 7.92. The Morgan fingerprint density at radius 2 is 1.81 bits per heavy atom. The van der Waals surface area contributed by atoms with Crippen molar-refractivity contribution in [3.63, 3.8) is 0 Å². The second-order valence-electron chi connectivity index (χ2n) is 14.7. The molecule has 1 atom stereocenters. The third-order valence-corrected chi connectivity index (χ3v) is 12.8. The SMILES string of the molecule is C=C1CCC(N2C(=O)c3cccc(NCCCC(=O)N(C)CCc4cc(OC)c(Nc5ncc(Cl)c(Nc6ccccc6S(=O)(=O)C(C)C)n5)cc4C)c3C2=O)C(=O)N1. The van der Waals surface area contributed by atoms with Crippen LogP contribution in [-0.4, -0.2) is 90.4 Å². The molecule has 1 saturated heterocycles. The average molecular weight is 843 g/mol. The molecule has 1 fully saturated rings. The second kappa shape index (κ2) is 17.9. The molecule has 0 aliphatic carbocycles. The van der Waals surface area contributed by atoms with Crippen molar-refractivity contribution < 1.29 is 32.3 Å². The number of rotatable bonds is 16.